The van der Waals surface area contributed by atoms with Crippen molar-refractivity contribution in [3.8, 4) is 0 Å². The molecule has 0 atom stereocenters. The first kappa shape index (κ1) is 13.6. The van der Waals surface area contributed by atoms with Crippen molar-refractivity contribution in [2.45, 2.75) is 16.6 Å². The molecule has 0 aliphatic heterocycles. The first-order valence-corrected chi connectivity index (χ1v) is 4.95. The molecule has 0 radical (unpaired) electrons. The minimum absolute atomic E-state index is 0. The van der Waals surface area contributed by atoms with Crippen LogP contribution in [0.5, 0.6) is 0 Å². The van der Waals surface area contributed by atoms with E-state index in [2.05, 4.69) is 10.3 Å². The van der Waals surface area contributed by atoms with E-state index < -0.39 is 3.79 Å². The Morgan fingerprint density at radius 2 is 2.00 bits per heavy atom. The highest BCUT2D eigenvalue weighted by Gasteiger charge is 2.29. The van der Waals surface area contributed by atoms with Crippen LogP contribution in [0.1, 0.15) is 12.8 Å². The number of amidine groups is 1. The molecule has 1 saturated carbocycles. The average Bonchev–Trinajstić information content (AvgIpc) is 2.69. The Bertz CT molecular complexity index is 183. The normalized spacial score (nSPS) is 18.0. The highest BCUT2D eigenvalue weighted by Crippen LogP contribution is 2.30. The smallest absolute Gasteiger partial charge is 0.247 e. The first-order chi connectivity index (χ1) is 5.54. The van der Waals surface area contributed by atoms with Crippen LogP contribution in [0.15, 0.2) is 4.99 Å². The zero-order valence-electron chi connectivity index (χ0n) is 7.19. The lowest BCUT2D eigenvalue weighted by Crippen LogP contribution is -2.36. The lowest BCUT2D eigenvalue weighted by molar-refractivity contribution is 0.765. The van der Waals surface area contributed by atoms with E-state index in [4.69, 9.17) is 34.8 Å². The van der Waals surface area contributed by atoms with E-state index in [-0.39, 0.29) is 12.4 Å². The zero-order valence-corrected chi connectivity index (χ0v) is 10.3. The third-order valence-electron chi connectivity index (χ3n) is 1.75. The molecule has 2 nitrogen and oxygen atoms in total. The average molecular weight is 266 g/mol. The fourth-order valence-electron chi connectivity index (χ4n) is 0.869. The van der Waals surface area contributed by atoms with Gasteiger partial charge in [-0.25, -0.2) is 0 Å². The molecule has 0 amide bonds. The molecular weight excluding hydrogens is 254 g/mol. The van der Waals surface area contributed by atoms with Crippen molar-refractivity contribution in [1.82, 2.24) is 5.32 Å². The summed E-state index contributed by atoms with van der Waals surface area (Å²) < 4.78 is -1.41. The fraction of sp³-hybridized carbons (Fsp3) is 0.857. The minimum atomic E-state index is -1.41. The van der Waals surface area contributed by atoms with Crippen LogP contribution in [-0.2, 0) is 0 Å². The van der Waals surface area contributed by atoms with E-state index in [1.165, 1.54) is 12.8 Å². The van der Waals surface area contributed by atoms with Crippen molar-refractivity contribution < 1.29 is 0 Å². The second kappa shape index (κ2) is 5.50. The summed E-state index contributed by atoms with van der Waals surface area (Å²) in [6.45, 7) is 0.862. The molecule has 1 rings (SSSR count). The summed E-state index contributed by atoms with van der Waals surface area (Å²) in [6.07, 6.45) is 2.54. The summed E-state index contributed by atoms with van der Waals surface area (Å²) in [5.74, 6) is 1.17. The van der Waals surface area contributed by atoms with Gasteiger partial charge in [-0.05, 0) is 18.8 Å². The van der Waals surface area contributed by atoms with Crippen LogP contribution in [0.2, 0.25) is 0 Å². The van der Waals surface area contributed by atoms with Crippen LogP contribution >= 0.6 is 47.2 Å². The van der Waals surface area contributed by atoms with E-state index in [0.29, 0.717) is 5.84 Å². The highest BCUT2D eigenvalue weighted by atomic mass is 35.6. The van der Waals surface area contributed by atoms with Gasteiger partial charge in [0.05, 0.1) is 0 Å². The quantitative estimate of drug-likeness (QED) is 0.464. The van der Waals surface area contributed by atoms with Gasteiger partial charge in [-0.2, -0.15) is 0 Å². The first-order valence-electron chi connectivity index (χ1n) is 3.82. The van der Waals surface area contributed by atoms with Crippen molar-refractivity contribution in [3.63, 3.8) is 0 Å². The van der Waals surface area contributed by atoms with Gasteiger partial charge in [0.25, 0.3) is 0 Å². The number of nitrogens with zero attached hydrogens (tertiary/aromatic N) is 1. The SMILES string of the molecule is CN=C(NCC1CC1)C(Cl)(Cl)Cl.Cl. The van der Waals surface area contributed by atoms with E-state index in [1.54, 1.807) is 7.05 Å². The molecule has 0 bridgehead atoms. The van der Waals surface area contributed by atoms with Crippen LogP contribution < -0.4 is 5.32 Å². The van der Waals surface area contributed by atoms with Gasteiger partial charge in [-0.3, -0.25) is 4.99 Å². The van der Waals surface area contributed by atoms with Crippen LogP contribution in [-0.4, -0.2) is 23.2 Å². The summed E-state index contributed by atoms with van der Waals surface area (Å²) in [5.41, 5.74) is 0. The molecule has 0 aromatic rings. The summed E-state index contributed by atoms with van der Waals surface area (Å²) in [7, 11) is 1.61. The Labute approximate surface area is 99.4 Å². The van der Waals surface area contributed by atoms with Crippen molar-refractivity contribution in [2.75, 3.05) is 13.6 Å². The van der Waals surface area contributed by atoms with Crippen molar-refractivity contribution in [1.29, 1.82) is 0 Å². The molecule has 0 unspecified atom stereocenters. The topological polar surface area (TPSA) is 24.4 Å². The minimum Gasteiger partial charge on any atom is -0.370 e. The van der Waals surface area contributed by atoms with Crippen molar-refractivity contribution >= 4 is 53.0 Å². The molecule has 6 heteroatoms. The second-order valence-electron chi connectivity index (χ2n) is 2.89. The van der Waals surface area contributed by atoms with Gasteiger partial charge in [0.15, 0.2) is 0 Å². The van der Waals surface area contributed by atoms with Gasteiger partial charge >= 0.3 is 0 Å². The summed E-state index contributed by atoms with van der Waals surface area (Å²) in [6, 6.07) is 0. The Hall–Kier alpha value is 0.630. The maximum Gasteiger partial charge on any atom is 0.247 e. The Kier molecular flexibility index (Phi) is 5.76. The summed E-state index contributed by atoms with van der Waals surface area (Å²) in [5, 5.41) is 3.03. The monoisotopic (exact) mass is 264 g/mol. The molecule has 13 heavy (non-hydrogen) atoms. The molecule has 0 aromatic heterocycles. The van der Waals surface area contributed by atoms with Gasteiger partial charge in [0.2, 0.25) is 3.79 Å². The van der Waals surface area contributed by atoms with Gasteiger partial charge in [0, 0.05) is 13.6 Å². The van der Waals surface area contributed by atoms with Gasteiger partial charge in [-0.15, -0.1) is 12.4 Å². The number of halogens is 4. The Balaban J connectivity index is 0.00000144. The maximum absolute atomic E-state index is 5.64. The summed E-state index contributed by atoms with van der Waals surface area (Å²) >= 11 is 16.9. The van der Waals surface area contributed by atoms with E-state index in [9.17, 15) is 0 Å². The molecular formula is C7H12Cl4N2. The van der Waals surface area contributed by atoms with Crippen molar-refractivity contribution in [3.05, 3.63) is 0 Å². The number of rotatable bonds is 2. The van der Waals surface area contributed by atoms with Gasteiger partial charge < -0.3 is 5.32 Å². The standard InChI is InChI=1S/C7H11Cl3N2.ClH/c1-11-6(7(8,9)10)12-4-5-2-3-5;/h5H,2-4H2,1H3,(H,11,12);1H. The third-order valence-corrected chi connectivity index (χ3v) is 2.28. The predicted molar refractivity (Wildman–Crippen MR) is 61.6 cm³/mol. The molecule has 1 aliphatic carbocycles. The van der Waals surface area contributed by atoms with Gasteiger partial charge in [-0.1, -0.05) is 34.8 Å². The number of nitrogens with one attached hydrogen (secondary N) is 1. The molecule has 1 fully saturated rings. The molecule has 0 spiro atoms. The Morgan fingerprint density at radius 3 is 2.31 bits per heavy atom. The van der Waals surface area contributed by atoms with E-state index in [0.717, 1.165) is 12.5 Å². The molecule has 0 aromatic carbocycles. The van der Waals surface area contributed by atoms with Crippen molar-refractivity contribution in [2.24, 2.45) is 10.9 Å². The molecule has 1 aliphatic rings. The molecule has 78 valence electrons. The number of hydrogen-bond donors (Lipinski definition) is 1. The largest absolute Gasteiger partial charge is 0.370 e. The molecule has 0 saturated heterocycles. The highest BCUT2D eigenvalue weighted by molar-refractivity contribution is 6.76. The molecule has 0 heterocycles. The Morgan fingerprint density at radius 1 is 1.46 bits per heavy atom. The lowest BCUT2D eigenvalue weighted by Gasteiger charge is -2.15. The predicted octanol–water partition coefficient (Wildman–Crippen LogP) is 2.81. The van der Waals surface area contributed by atoms with Crippen LogP contribution in [0.25, 0.3) is 0 Å². The molecule has 1 N–H and O–H groups in total. The van der Waals surface area contributed by atoms with Crippen LogP contribution in [0, 0.1) is 5.92 Å². The summed E-state index contributed by atoms with van der Waals surface area (Å²) in [4.78, 5) is 3.87. The van der Waals surface area contributed by atoms with Crippen LogP contribution in [0.4, 0.5) is 0 Å². The number of alkyl halides is 3. The van der Waals surface area contributed by atoms with Gasteiger partial charge in [0.1, 0.15) is 5.84 Å². The zero-order chi connectivity index (χ0) is 9.19. The van der Waals surface area contributed by atoms with Crippen LogP contribution in [0.3, 0.4) is 0 Å². The fourth-order valence-corrected chi connectivity index (χ4v) is 1.32. The van der Waals surface area contributed by atoms with E-state index >= 15 is 0 Å². The second-order valence-corrected chi connectivity index (χ2v) is 5.18. The lowest BCUT2D eigenvalue weighted by atomic mass is 10.4. The number of hydrogen-bond acceptors (Lipinski definition) is 1. The number of aliphatic imine (C=N–C) groups is 1. The maximum atomic E-state index is 5.64. The van der Waals surface area contributed by atoms with E-state index in [1.807, 2.05) is 0 Å². The third kappa shape index (κ3) is 5.16.